The van der Waals surface area contributed by atoms with Crippen molar-refractivity contribution in [3.8, 4) is 0 Å². The van der Waals surface area contributed by atoms with Crippen molar-refractivity contribution < 1.29 is 14.6 Å². The fourth-order valence-electron chi connectivity index (χ4n) is 2.19. The monoisotopic (exact) mass is 213 g/mol. The SMILES string of the molecule is CC1CC(C(=O)N(CCO)C2CC2)CO1. The number of amides is 1. The van der Waals surface area contributed by atoms with Crippen LogP contribution in [0, 0.1) is 5.92 Å². The van der Waals surface area contributed by atoms with Crippen LogP contribution in [0.15, 0.2) is 0 Å². The van der Waals surface area contributed by atoms with E-state index in [-0.39, 0.29) is 24.5 Å². The maximum atomic E-state index is 12.1. The molecule has 0 radical (unpaired) electrons. The van der Waals surface area contributed by atoms with E-state index in [4.69, 9.17) is 9.84 Å². The molecule has 4 nitrogen and oxygen atoms in total. The van der Waals surface area contributed by atoms with Crippen molar-refractivity contribution in [3.05, 3.63) is 0 Å². The molecule has 1 amide bonds. The first-order chi connectivity index (χ1) is 7.22. The lowest BCUT2D eigenvalue weighted by Crippen LogP contribution is -2.40. The van der Waals surface area contributed by atoms with E-state index in [2.05, 4.69) is 0 Å². The van der Waals surface area contributed by atoms with Crippen LogP contribution in [0.3, 0.4) is 0 Å². The molecule has 2 aliphatic rings. The molecule has 86 valence electrons. The number of carbonyl (C=O) groups is 1. The molecule has 1 aliphatic carbocycles. The summed E-state index contributed by atoms with van der Waals surface area (Å²) < 4.78 is 5.41. The number of hydrogen-bond acceptors (Lipinski definition) is 3. The summed E-state index contributed by atoms with van der Waals surface area (Å²) in [7, 11) is 0. The highest BCUT2D eigenvalue weighted by Gasteiger charge is 2.37. The lowest BCUT2D eigenvalue weighted by atomic mass is 10.0. The van der Waals surface area contributed by atoms with Gasteiger partial charge >= 0.3 is 0 Å². The van der Waals surface area contributed by atoms with Crippen LogP contribution in [-0.2, 0) is 9.53 Å². The number of aliphatic hydroxyl groups excluding tert-OH is 1. The number of hydrogen-bond donors (Lipinski definition) is 1. The average molecular weight is 213 g/mol. The Morgan fingerprint density at radius 1 is 1.53 bits per heavy atom. The second kappa shape index (κ2) is 4.49. The van der Waals surface area contributed by atoms with Gasteiger partial charge in [-0.3, -0.25) is 4.79 Å². The molecule has 1 N–H and O–H groups in total. The number of ether oxygens (including phenoxy) is 1. The van der Waals surface area contributed by atoms with Gasteiger partial charge in [0.05, 0.1) is 25.2 Å². The third kappa shape index (κ3) is 2.49. The fourth-order valence-corrected chi connectivity index (χ4v) is 2.19. The van der Waals surface area contributed by atoms with Crippen molar-refractivity contribution in [3.63, 3.8) is 0 Å². The summed E-state index contributed by atoms with van der Waals surface area (Å²) >= 11 is 0. The first-order valence-electron chi connectivity index (χ1n) is 5.75. The van der Waals surface area contributed by atoms with Gasteiger partial charge in [-0.15, -0.1) is 0 Å². The van der Waals surface area contributed by atoms with Crippen LogP contribution < -0.4 is 0 Å². The van der Waals surface area contributed by atoms with Crippen molar-refractivity contribution in [2.45, 2.75) is 38.3 Å². The zero-order chi connectivity index (χ0) is 10.8. The Morgan fingerprint density at radius 2 is 2.27 bits per heavy atom. The highest BCUT2D eigenvalue weighted by atomic mass is 16.5. The first-order valence-corrected chi connectivity index (χ1v) is 5.75. The molecule has 1 saturated carbocycles. The van der Waals surface area contributed by atoms with Gasteiger partial charge < -0.3 is 14.7 Å². The Balaban J connectivity index is 1.91. The van der Waals surface area contributed by atoms with Crippen LogP contribution in [0.1, 0.15) is 26.2 Å². The largest absolute Gasteiger partial charge is 0.395 e. The van der Waals surface area contributed by atoms with Crippen molar-refractivity contribution in [1.82, 2.24) is 4.90 Å². The van der Waals surface area contributed by atoms with Crippen LogP contribution >= 0.6 is 0 Å². The second-order valence-electron chi connectivity index (χ2n) is 4.56. The van der Waals surface area contributed by atoms with Gasteiger partial charge in [0.25, 0.3) is 0 Å². The fraction of sp³-hybridized carbons (Fsp3) is 0.909. The Morgan fingerprint density at radius 3 is 2.73 bits per heavy atom. The molecule has 2 atom stereocenters. The zero-order valence-electron chi connectivity index (χ0n) is 9.19. The summed E-state index contributed by atoms with van der Waals surface area (Å²) in [4.78, 5) is 13.9. The molecule has 0 spiro atoms. The molecule has 1 aliphatic heterocycles. The minimum absolute atomic E-state index is 0.0205. The number of aliphatic hydroxyl groups is 1. The van der Waals surface area contributed by atoms with Gasteiger partial charge in [0.15, 0.2) is 0 Å². The van der Waals surface area contributed by atoms with E-state index >= 15 is 0 Å². The van der Waals surface area contributed by atoms with Gasteiger partial charge in [-0.1, -0.05) is 0 Å². The van der Waals surface area contributed by atoms with Gasteiger partial charge in [0.2, 0.25) is 5.91 Å². The molecule has 0 aromatic heterocycles. The summed E-state index contributed by atoms with van der Waals surface area (Å²) in [5.74, 6) is 0.197. The van der Waals surface area contributed by atoms with Gasteiger partial charge in [-0.25, -0.2) is 0 Å². The minimum Gasteiger partial charge on any atom is -0.395 e. The molecule has 2 unspecified atom stereocenters. The predicted octanol–water partition coefficient (Wildman–Crippen LogP) is 0.395. The van der Waals surface area contributed by atoms with E-state index in [1.54, 1.807) is 0 Å². The molecule has 15 heavy (non-hydrogen) atoms. The minimum atomic E-state index is 0.0205. The lowest BCUT2D eigenvalue weighted by Gasteiger charge is -2.24. The van der Waals surface area contributed by atoms with E-state index in [0.717, 1.165) is 19.3 Å². The van der Waals surface area contributed by atoms with Crippen LogP contribution in [0.25, 0.3) is 0 Å². The third-order valence-corrected chi connectivity index (χ3v) is 3.16. The predicted molar refractivity (Wildman–Crippen MR) is 55.3 cm³/mol. The molecule has 2 rings (SSSR count). The van der Waals surface area contributed by atoms with Crippen LogP contribution in [0.2, 0.25) is 0 Å². The van der Waals surface area contributed by atoms with Gasteiger partial charge in [0.1, 0.15) is 0 Å². The number of carbonyl (C=O) groups excluding carboxylic acids is 1. The smallest absolute Gasteiger partial charge is 0.228 e. The Hall–Kier alpha value is -0.610. The highest BCUT2D eigenvalue weighted by molar-refractivity contribution is 5.80. The Kier molecular flexibility index (Phi) is 3.26. The van der Waals surface area contributed by atoms with Crippen molar-refractivity contribution in [1.29, 1.82) is 0 Å². The number of rotatable bonds is 4. The summed E-state index contributed by atoms with van der Waals surface area (Å²) in [6, 6.07) is 0.389. The van der Waals surface area contributed by atoms with Gasteiger partial charge in [-0.05, 0) is 26.2 Å². The molecule has 2 fully saturated rings. The summed E-state index contributed by atoms with van der Waals surface area (Å²) in [6.07, 6.45) is 3.21. The summed E-state index contributed by atoms with van der Waals surface area (Å²) in [5.41, 5.74) is 0. The van der Waals surface area contributed by atoms with E-state index in [1.807, 2.05) is 11.8 Å². The van der Waals surface area contributed by atoms with E-state index in [0.29, 0.717) is 19.2 Å². The van der Waals surface area contributed by atoms with Gasteiger partial charge in [0, 0.05) is 12.6 Å². The van der Waals surface area contributed by atoms with Crippen molar-refractivity contribution >= 4 is 5.91 Å². The molecule has 0 bridgehead atoms. The van der Waals surface area contributed by atoms with Crippen molar-refractivity contribution in [2.75, 3.05) is 19.8 Å². The van der Waals surface area contributed by atoms with E-state index < -0.39 is 0 Å². The quantitative estimate of drug-likeness (QED) is 0.735. The molecule has 4 heteroatoms. The molecule has 1 saturated heterocycles. The topological polar surface area (TPSA) is 49.8 Å². The Bertz CT molecular complexity index is 240. The van der Waals surface area contributed by atoms with Gasteiger partial charge in [-0.2, -0.15) is 0 Å². The normalized spacial score (nSPS) is 30.5. The van der Waals surface area contributed by atoms with E-state index in [1.165, 1.54) is 0 Å². The summed E-state index contributed by atoms with van der Waals surface area (Å²) in [6.45, 7) is 3.09. The maximum absolute atomic E-state index is 12.1. The van der Waals surface area contributed by atoms with Crippen LogP contribution in [0.4, 0.5) is 0 Å². The first kappa shape index (κ1) is 10.9. The van der Waals surface area contributed by atoms with Crippen LogP contribution in [0.5, 0.6) is 0 Å². The Labute approximate surface area is 90.2 Å². The average Bonchev–Trinajstić information content (AvgIpc) is 2.96. The lowest BCUT2D eigenvalue weighted by molar-refractivity contribution is -0.136. The molecule has 0 aromatic carbocycles. The standard InChI is InChI=1S/C11H19NO3/c1-8-6-9(7-15-8)11(14)12(4-5-13)10-2-3-10/h8-10,13H,2-7H2,1H3. The molecular formula is C11H19NO3. The van der Waals surface area contributed by atoms with Crippen LogP contribution in [-0.4, -0.2) is 47.8 Å². The van der Waals surface area contributed by atoms with E-state index in [9.17, 15) is 4.79 Å². The molecular weight excluding hydrogens is 194 g/mol. The third-order valence-electron chi connectivity index (χ3n) is 3.16. The molecule has 1 heterocycles. The summed E-state index contributed by atoms with van der Waals surface area (Å²) in [5, 5.41) is 8.93. The maximum Gasteiger partial charge on any atom is 0.228 e. The molecule has 0 aromatic rings. The highest BCUT2D eigenvalue weighted by Crippen LogP contribution is 2.30. The van der Waals surface area contributed by atoms with Crippen molar-refractivity contribution in [2.24, 2.45) is 5.92 Å². The zero-order valence-corrected chi connectivity index (χ0v) is 9.19. The number of nitrogens with zero attached hydrogens (tertiary/aromatic N) is 1. The second-order valence-corrected chi connectivity index (χ2v) is 4.56.